The molecule has 0 heterocycles. The SMILES string of the molecule is N/C(=N/O)c1c(Cl)cccc1OCc1cc(Br)ccc1F. The summed E-state index contributed by atoms with van der Waals surface area (Å²) in [6.45, 7) is -0.0165. The molecule has 0 saturated carbocycles. The van der Waals surface area contributed by atoms with Gasteiger partial charge in [-0.2, -0.15) is 0 Å². The third kappa shape index (κ3) is 3.65. The van der Waals surface area contributed by atoms with Gasteiger partial charge in [-0.3, -0.25) is 0 Å². The van der Waals surface area contributed by atoms with Crippen LogP contribution in [0.1, 0.15) is 11.1 Å². The summed E-state index contributed by atoms with van der Waals surface area (Å²) in [5, 5.41) is 12.0. The molecule has 0 fully saturated rings. The number of nitrogens with two attached hydrogens (primary N) is 1. The number of hydrogen-bond donors (Lipinski definition) is 2. The number of amidine groups is 1. The van der Waals surface area contributed by atoms with E-state index in [1.165, 1.54) is 6.07 Å². The quantitative estimate of drug-likeness (QED) is 0.369. The van der Waals surface area contributed by atoms with Gasteiger partial charge in [-0.1, -0.05) is 38.8 Å². The van der Waals surface area contributed by atoms with E-state index in [1.807, 2.05) is 0 Å². The standard InChI is InChI=1S/C14H11BrClFN2O2/c15-9-4-5-11(17)8(6-9)7-21-12-3-1-2-10(16)13(12)14(18)19-20/h1-6,20H,7H2,(H2,18,19). The molecule has 2 rings (SSSR count). The zero-order valence-electron chi connectivity index (χ0n) is 10.7. The molecule has 0 atom stereocenters. The zero-order chi connectivity index (χ0) is 15.4. The highest BCUT2D eigenvalue weighted by Gasteiger charge is 2.14. The fourth-order valence-electron chi connectivity index (χ4n) is 1.73. The number of ether oxygens (including phenoxy) is 1. The highest BCUT2D eigenvalue weighted by Crippen LogP contribution is 2.27. The molecule has 0 saturated heterocycles. The van der Waals surface area contributed by atoms with Gasteiger partial charge in [0.25, 0.3) is 0 Å². The fraction of sp³-hybridized carbons (Fsp3) is 0.0714. The minimum atomic E-state index is -0.384. The van der Waals surface area contributed by atoms with Crippen LogP contribution in [0, 0.1) is 5.82 Å². The summed E-state index contributed by atoms with van der Waals surface area (Å²) < 4.78 is 19.9. The van der Waals surface area contributed by atoms with E-state index in [9.17, 15) is 4.39 Å². The molecule has 0 spiro atoms. The van der Waals surface area contributed by atoms with E-state index in [1.54, 1.807) is 30.3 Å². The molecule has 3 N–H and O–H groups in total. The smallest absolute Gasteiger partial charge is 0.175 e. The van der Waals surface area contributed by atoms with Gasteiger partial charge in [-0.25, -0.2) is 4.39 Å². The summed E-state index contributed by atoms with van der Waals surface area (Å²) in [6, 6.07) is 9.40. The number of rotatable bonds is 4. The second kappa shape index (κ2) is 6.78. The van der Waals surface area contributed by atoms with Crippen LogP contribution in [0.25, 0.3) is 0 Å². The lowest BCUT2D eigenvalue weighted by Crippen LogP contribution is -2.15. The van der Waals surface area contributed by atoms with Gasteiger partial charge in [0.1, 0.15) is 18.2 Å². The summed E-state index contributed by atoms with van der Waals surface area (Å²) in [6.07, 6.45) is 0. The second-order valence-corrected chi connectivity index (χ2v) is 5.45. The maximum absolute atomic E-state index is 13.7. The summed E-state index contributed by atoms with van der Waals surface area (Å²) in [4.78, 5) is 0. The van der Waals surface area contributed by atoms with E-state index in [2.05, 4.69) is 21.1 Å². The molecule has 7 heteroatoms. The third-order valence-electron chi connectivity index (χ3n) is 2.73. The summed E-state index contributed by atoms with van der Waals surface area (Å²) in [5.74, 6) is -0.256. The molecule has 2 aromatic rings. The number of benzene rings is 2. The van der Waals surface area contributed by atoms with Crippen LogP contribution in [0.2, 0.25) is 5.02 Å². The van der Waals surface area contributed by atoms with Crippen molar-refractivity contribution < 1.29 is 14.3 Å². The Morgan fingerprint density at radius 1 is 1.38 bits per heavy atom. The number of halogens is 3. The lowest BCUT2D eigenvalue weighted by molar-refractivity contribution is 0.297. The van der Waals surface area contributed by atoms with E-state index >= 15 is 0 Å². The van der Waals surface area contributed by atoms with Crippen LogP contribution >= 0.6 is 27.5 Å². The summed E-state index contributed by atoms with van der Waals surface area (Å²) >= 11 is 9.28. The summed E-state index contributed by atoms with van der Waals surface area (Å²) in [5.41, 5.74) is 6.20. The Balaban J connectivity index is 2.28. The first-order valence-electron chi connectivity index (χ1n) is 5.86. The molecule has 0 aliphatic heterocycles. The van der Waals surface area contributed by atoms with E-state index in [0.717, 1.165) is 4.47 Å². The van der Waals surface area contributed by atoms with Crippen LogP contribution < -0.4 is 10.5 Å². The Morgan fingerprint density at radius 3 is 2.86 bits per heavy atom. The average Bonchev–Trinajstić information content (AvgIpc) is 2.47. The van der Waals surface area contributed by atoms with Crippen LogP contribution in [0.4, 0.5) is 4.39 Å². The molecule has 21 heavy (non-hydrogen) atoms. The Kier molecular flexibility index (Phi) is 5.03. The molecule has 0 amide bonds. The van der Waals surface area contributed by atoms with Gasteiger partial charge in [0.05, 0.1) is 10.6 Å². The van der Waals surface area contributed by atoms with E-state index in [0.29, 0.717) is 11.3 Å². The number of oxime groups is 1. The van der Waals surface area contributed by atoms with Gasteiger partial charge >= 0.3 is 0 Å². The molecule has 0 radical (unpaired) electrons. The average molecular weight is 374 g/mol. The van der Waals surface area contributed by atoms with Crippen molar-refractivity contribution in [3.05, 3.63) is 62.8 Å². The minimum Gasteiger partial charge on any atom is -0.488 e. The van der Waals surface area contributed by atoms with Gasteiger partial charge in [-0.05, 0) is 30.3 Å². The van der Waals surface area contributed by atoms with Crippen molar-refractivity contribution in [1.29, 1.82) is 0 Å². The molecule has 0 bridgehead atoms. The van der Waals surface area contributed by atoms with E-state index in [-0.39, 0.29) is 28.8 Å². The Bertz CT molecular complexity index is 695. The monoisotopic (exact) mass is 372 g/mol. The van der Waals surface area contributed by atoms with Gasteiger partial charge in [-0.15, -0.1) is 0 Å². The Labute approximate surface area is 134 Å². The molecule has 0 aromatic heterocycles. The van der Waals surface area contributed by atoms with Crippen molar-refractivity contribution in [2.24, 2.45) is 10.9 Å². The second-order valence-electron chi connectivity index (χ2n) is 4.12. The van der Waals surface area contributed by atoms with Gasteiger partial charge < -0.3 is 15.7 Å². The maximum Gasteiger partial charge on any atom is 0.175 e. The molecular formula is C14H11BrClFN2O2. The molecule has 110 valence electrons. The van der Waals surface area contributed by atoms with Crippen LogP contribution in [0.3, 0.4) is 0 Å². The largest absolute Gasteiger partial charge is 0.488 e. The lowest BCUT2D eigenvalue weighted by Gasteiger charge is -2.12. The maximum atomic E-state index is 13.7. The lowest BCUT2D eigenvalue weighted by atomic mass is 10.2. The number of nitrogens with zero attached hydrogens (tertiary/aromatic N) is 1. The molecular weight excluding hydrogens is 363 g/mol. The van der Waals surface area contributed by atoms with Crippen molar-refractivity contribution in [2.45, 2.75) is 6.61 Å². The van der Waals surface area contributed by atoms with Gasteiger partial charge in [0, 0.05) is 10.0 Å². The summed E-state index contributed by atoms with van der Waals surface area (Å²) in [7, 11) is 0. The topological polar surface area (TPSA) is 67.8 Å². The van der Waals surface area contributed by atoms with Crippen molar-refractivity contribution in [3.8, 4) is 5.75 Å². The van der Waals surface area contributed by atoms with Crippen LogP contribution in [0.15, 0.2) is 46.0 Å². The molecule has 0 aliphatic rings. The molecule has 2 aromatic carbocycles. The number of hydrogen-bond acceptors (Lipinski definition) is 3. The van der Waals surface area contributed by atoms with E-state index < -0.39 is 0 Å². The minimum absolute atomic E-state index is 0.0165. The van der Waals surface area contributed by atoms with Crippen molar-refractivity contribution in [3.63, 3.8) is 0 Å². The zero-order valence-corrected chi connectivity index (χ0v) is 13.0. The van der Waals surface area contributed by atoms with Crippen LogP contribution in [0.5, 0.6) is 5.75 Å². The van der Waals surface area contributed by atoms with E-state index in [4.69, 9.17) is 27.3 Å². The first-order chi connectivity index (χ1) is 10.0. The first kappa shape index (κ1) is 15.6. The third-order valence-corrected chi connectivity index (χ3v) is 3.54. The fourth-order valence-corrected chi connectivity index (χ4v) is 2.40. The molecule has 0 aliphatic carbocycles. The molecule has 4 nitrogen and oxygen atoms in total. The normalized spacial score (nSPS) is 11.5. The predicted octanol–water partition coefficient (Wildman–Crippen LogP) is 3.92. The Hall–Kier alpha value is -1.79. The van der Waals surface area contributed by atoms with Gasteiger partial charge in [0.15, 0.2) is 5.84 Å². The molecule has 0 unspecified atom stereocenters. The highest BCUT2D eigenvalue weighted by molar-refractivity contribution is 9.10. The van der Waals surface area contributed by atoms with Crippen molar-refractivity contribution in [1.82, 2.24) is 0 Å². The van der Waals surface area contributed by atoms with Crippen LogP contribution in [-0.4, -0.2) is 11.0 Å². The first-order valence-corrected chi connectivity index (χ1v) is 7.03. The highest BCUT2D eigenvalue weighted by atomic mass is 79.9. The van der Waals surface area contributed by atoms with Crippen molar-refractivity contribution >= 4 is 33.4 Å². The predicted molar refractivity (Wildman–Crippen MR) is 82.4 cm³/mol. The Morgan fingerprint density at radius 2 is 2.14 bits per heavy atom. The van der Waals surface area contributed by atoms with Crippen molar-refractivity contribution in [2.75, 3.05) is 0 Å². The van der Waals surface area contributed by atoms with Gasteiger partial charge in [0.2, 0.25) is 0 Å². The van der Waals surface area contributed by atoms with Crippen LogP contribution in [-0.2, 0) is 6.61 Å².